The van der Waals surface area contributed by atoms with Crippen molar-refractivity contribution in [1.29, 1.82) is 0 Å². The fourth-order valence-corrected chi connectivity index (χ4v) is 2.03. The summed E-state index contributed by atoms with van der Waals surface area (Å²) in [6, 6.07) is 3.59. The molecule has 2 fully saturated rings. The van der Waals surface area contributed by atoms with Crippen LogP contribution >= 0.6 is 0 Å². The summed E-state index contributed by atoms with van der Waals surface area (Å²) in [4.78, 5) is 24.9. The summed E-state index contributed by atoms with van der Waals surface area (Å²) in [6.07, 6.45) is 3.02. The van der Waals surface area contributed by atoms with Crippen LogP contribution < -0.4 is 5.32 Å². The fourth-order valence-electron chi connectivity index (χ4n) is 2.03. The third-order valence-electron chi connectivity index (χ3n) is 3.13. The third-order valence-corrected chi connectivity index (χ3v) is 3.13. The standard InChI is InChI=1S/C12H14N2O4/c15-11(10-2-1-5-17-10)13-6-9-7-14(8-3-4-8)12(16)18-9/h1-2,5,8-9H,3-4,6-7H2,(H,13,15). The number of carbonyl (C=O) groups excluding carboxylic acids is 2. The van der Waals surface area contributed by atoms with Crippen LogP contribution in [0.5, 0.6) is 0 Å². The number of carbonyl (C=O) groups is 2. The van der Waals surface area contributed by atoms with Crippen molar-refractivity contribution >= 4 is 12.0 Å². The predicted molar refractivity (Wildman–Crippen MR) is 61.0 cm³/mol. The molecular formula is C12H14N2O4. The maximum absolute atomic E-state index is 11.6. The molecule has 0 aromatic carbocycles. The second-order valence-electron chi connectivity index (χ2n) is 4.58. The number of hydrogen-bond acceptors (Lipinski definition) is 4. The summed E-state index contributed by atoms with van der Waals surface area (Å²) in [5.41, 5.74) is 0. The molecule has 1 saturated carbocycles. The van der Waals surface area contributed by atoms with Crippen molar-refractivity contribution in [2.24, 2.45) is 0 Å². The molecule has 1 saturated heterocycles. The molecule has 0 spiro atoms. The highest BCUT2D eigenvalue weighted by Gasteiger charge is 2.40. The first-order valence-corrected chi connectivity index (χ1v) is 6.03. The van der Waals surface area contributed by atoms with Gasteiger partial charge in [0.1, 0.15) is 6.10 Å². The Labute approximate surface area is 104 Å². The quantitative estimate of drug-likeness (QED) is 0.865. The lowest BCUT2D eigenvalue weighted by atomic mass is 10.3. The molecule has 0 radical (unpaired) electrons. The van der Waals surface area contributed by atoms with Gasteiger partial charge in [0.2, 0.25) is 0 Å². The monoisotopic (exact) mass is 250 g/mol. The van der Waals surface area contributed by atoms with Gasteiger partial charge in [-0.05, 0) is 25.0 Å². The predicted octanol–water partition coefficient (Wildman–Crippen LogP) is 0.993. The van der Waals surface area contributed by atoms with Crippen LogP contribution in [0.2, 0.25) is 0 Å². The van der Waals surface area contributed by atoms with E-state index >= 15 is 0 Å². The fraction of sp³-hybridized carbons (Fsp3) is 0.500. The Balaban J connectivity index is 1.49. The molecule has 3 rings (SSSR count). The van der Waals surface area contributed by atoms with Crippen molar-refractivity contribution in [2.75, 3.05) is 13.1 Å². The van der Waals surface area contributed by atoms with Crippen molar-refractivity contribution in [1.82, 2.24) is 10.2 Å². The summed E-state index contributed by atoms with van der Waals surface area (Å²) < 4.78 is 10.2. The Kier molecular flexibility index (Phi) is 2.70. The molecule has 1 aliphatic carbocycles. The third kappa shape index (κ3) is 2.18. The Morgan fingerprint density at radius 2 is 2.33 bits per heavy atom. The molecule has 96 valence electrons. The minimum Gasteiger partial charge on any atom is -0.459 e. The zero-order valence-corrected chi connectivity index (χ0v) is 9.80. The molecule has 2 heterocycles. The average Bonchev–Trinajstić information content (AvgIpc) is 2.91. The van der Waals surface area contributed by atoms with Gasteiger partial charge in [-0.2, -0.15) is 0 Å². The normalized spacial score (nSPS) is 23.0. The largest absolute Gasteiger partial charge is 0.459 e. The number of nitrogens with zero attached hydrogens (tertiary/aromatic N) is 1. The molecular weight excluding hydrogens is 236 g/mol. The molecule has 6 heteroatoms. The van der Waals surface area contributed by atoms with E-state index < -0.39 is 0 Å². The SMILES string of the molecule is O=C(NCC1CN(C2CC2)C(=O)O1)c1ccco1. The summed E-state index contributed by atoms with van der Waals surface area (Å²) >= 11 is 0. The maximum Gasteiger partial charge on any atom is 0.410 e. The molecule has 1 atom stereocenters. The zero-order valence-electron chi connectivity index (χ0n) is 9.80. The lowest BCUT2D eigenvalue weighted by Gasteiger charge is -2.10. The highest BCUT2D eigenvalue weighted by Crippen LogP contribution is 2.30. The molecule has 1 unspecified atom stereocenters. The van der Waals surface area contributed by atoms with Crippen molar-refractivity contribution < 1.29 is 18.7 Å². The minimum absolute atomic E-state index is 0.262. The van der Waals surface area contributed by atoms with E-state index in [2.05, 4.69) is 5.32 Å². The van der Waals surface area contributed by atoms with E-state index in [1.807, 2.05) is 0 Å². The van der Waals surface area contributed by atoms with Gasteiger partial charge in [-0.3, -0.25) is 4.79 Å². The van der Waals surface area contributed by atoms with E-state index in [-0.39, 0.29) is 23.9 Å². The van der Waals surface area contributed by atoms with Gasteiger partial charge in [0.05, 0.1) is 19.4 Å². The first-order chi connectivity index (χ1) is 8.74. The van der Waals surface area contributed by atoms with E-state index in [0.29, 0.717) is 19.1 Å². The second kappa shape index (κ2) is 4.36. The minimum atomic E-state index is -0.291. The van der Waals surface area contributed by atoms with Crippen molar-refractivity contribution in [2.45, 2.75) is 25.0 Å². The number of hydrogen-bond donors (Lipinski definition) is 1. The summed E-state index contributed by atoms with van der Waals surface area (Å²) in [5.74, 6) is -0.0284. The summed E-state index contributed by atoms with van der Waals surface area (Å²) in [7, 11) is 0. The van der Waals surface area contributed by atoms with Gasteiger partial charge in [0.15, 0.2) is 5.76 Å². The van der Waals surface area contributed by atoms with Gasteiger partial charge in [0.25, 0.3) is 5.91 Å². The van der Waals surface area contributed by atoms with Crippen LogP contribution in [0.25, 0.3) is 0 Å². The zero-order chi connectivity index (χ0) is 12.5. The summed E-state index contributed by atoms with van der Waals surface area (Å²) in [6.45, 7) is 0.871. The molecule has 2 aliphatic rings. The van der Waals surface area contributed by atoms with Gasteiger partial charge in [-0.15, -0.1) is 0 Å². The van der Waals surface area contributed by atoms with Crippen molar-refractivity contribution in [3.63, 3.8) is 0 Å². The number of cyclic esters (lactones) is 1. The molecule has 1 N–H and O–H groups in total. The van der Waals surface area contributed by atoms with Crippen LogP contribution in [-0.4, -0.2) is 42.1 Å². The molecule has 18 heavy (non-hydrogen) atoms. The van der Waals surface area contributed by atoms with Crippen molar-refractivity contribution in [3.05, 3.63) is 24.2 Å². The van der Waals surface area contributed by atoms with E-state index in [1.165, 1.54) is 6.26 Å². The highest BCUT2D eigenvalue weighted by atomic mass is 16.6. The Hall–Kier alpha value is -1.98. The van der Waals surface area contributed by atoms with Gasteiger partial charge >= 0.3 is 6.09 Å². The number of rotatable bonds is 4. The number of ether oxygens (including phenoxy) is 1. The van der Waals surface area contributed by atoms with Crippen LogP contribution in [0.15, 0.2) is 22.8 Å². The van der Waals surface area contributed by atoms with Crippen LogP contribution in [0.1, 0.15) is 23.4 Å². The van der Waals surface area contributed by atoms with Crippen LogP contribution in [0.4, 0.5) is 4.79 Å². The molecule has 6 nitrogen and oxygen atoms in total. The second-order valence-corrected chi connectivity index (χ2v) is 4.58. The van der Waals surface area contributed by atoms with E-state index in [0.717, 1.165) is 12.8 Å². The number of nitrogens with one attached hydrogen (secondary N) is 1. The Morgan fingerprint density at radius 1 is 1.50 bits per heavy atom. The number of furan rings is 1. The van der Waals surface area contributed by atoms with E-state index in [4.69, 9.17) is 9.15 Å². The highest BCUT2D eigenvalue weighted by molar-refractivity contribution is 5.91. The molecule has 0 bridgehead atoms. The average molecular weight is 250 g/mol. The Morgan fingerprint density at radius 3 is 3.00 bits per heavy atom. The van der Waals surface area contributed by atoms with Crippen molar-refractivity contribution in [3.8, 4) is 0 Å². The van der Waals surface area contributed by atoms with Gasteiger partial charge < -0.3 is 19.4 Å². The van der Waals surface area contributed by atoms with Crippen LogP contribution in [-0.2, 0) is 4.74 Å². The first-order valence-electron chi connectivity index (χ1n) is 6.03. The summed E-state index contributed by atoms with van der Waals surface area (Å²) in [5, 5.41) is 2.69. The maximum atomic E-state index is 11.6. The van der Waals surface area contributed by atoms with E-state index in [1.54, 1.807) is 17.0 Å². The Bertz CT molecular complexity index is 453. The number of amides is 2. The lowest BCUT2D eigenvalue weighted by molar-refractivity contribution is 0.0888. The van der Waals surface area contributed by atoms with Gasteiger partial charge in [-0.25, -0.2) is 4.79 Å². The molecule has 1 aromatic rings. The molecule has 1 aliphatic heterocycles. The van der Waals surface area contributed by atoms with Gasteiger partial charge in [-0.1, -0.05) is 0 Å². The van der Waals surface area contributed by atoms with Crippen LogP contribution in [0.3, 0.4) is 0 Å². The lowest BCUT2D eigenvalue weighted by Crippen LogP contribution is -2.34. The van der Waals surface area contributed by atoms with Crippen LogP contribution in [0, 0.1) is 0 Å². The topological polar surface area (TPSA) is 71.8 Å². The van der Waals surface area contributed by atoms with E-state index in [9.17, 15) is 9.59 Å². The van der Waals surface area contributed by atoms with Gasteiger partial charge in [0, 0.05) is 6.04 Å². The smallest absolute Gasteiger partial charge is 0.410 e. The molecule has 1 aromatic heterocycles. The first kappa shape index (κ1) is 11.1. The molecule has 2 amide bonds.